The lowest BCUT2D eigenvalue weighted by molar-refractivity contribution is -0.150. The van der Waals surface area contributed by atoms with Gasteiger partial charge in [-0.2, -0.15) is 0 Å². The van der Waals surface area contributed by atoms with Crippen LogP contribution in [0.15, 0.2) is 0 Å². The number of nitrogens with two attached hydrogens (primary N) is 1. The van der Waals surface area contributed by atoms with Crippen LogP contribution in [0.1, 0.15) is 65.2 Å². The molecule has 2 rings (SSSR count). The Morgan fingerprint density at radius 1 is 0.875 bits per heavy atom. The topological polar surface area (TPSA) is 95.7 Å². The van der Waals surface area contributed by atoms with Gasteiger partial charge in [0.1, 0.15) is 5.78 Å². The van der Waals surface area contributed by atoms with E-state index in [9.17, 15) is 14.4 Å². The molecule has 0 radical (unpaired) electrons. The third-order valence-corrected chi connectivity index (χ3v) is 4.55. The lowest BCUT2D eigenvalue weighted by atomic mass is 9.86. The smallest absolute Gasteiger partial charge is 0.308 e. The molecule has 6 nitrogen and oxygen atoms in total. The second kappa shape index (κ2) is 11.2. The Morgan fingerprint density at radius 2 is 1.29 bits per heavy atom. The van der Waals surface area contributed by atoms with E-state index in [0.29, 0.717) is 44.9 Å². The molecule has 2 N–H and O–H groups in total. The Morgan fingerprint density at radius 3 is 1.71 bits per heavy atom. The van der Waals surface area contributed by atoms with Crippen molar-refractivity contribution in [3.8, 4) is 0 Å². The van der Waals surface area contributed by atoms with Crippen molar-refractivity contribution < 1.29 is 23.9 Å². The molecule has 0 aromatic carbocycles. The molecule has 2 aliphatic rings. The lowest BCUT2D eigenvalue weighted by Crippen LogP contribution is -2.30. The van der Waals surface area contributed by atoms with Crippen molar-refractivity contribution in [1.82, 2.24) is 0 Å². The predicted octanol–water partition coefficient (Wildman–Crippen LogP) is 2.38. The summed E-state index contributed by atoms with van der Waals surface area (Å²) in [5.41, 5.74) is 5.72. The monoisotopic (exact) mass is 341 g/mol. The summed E-state index contributed by atoms with van der Waals surface area (Å²) in [5.74, 6) is 0.192. The number of carbonyl (C=O) groups excluding carboxylic acids is 3. The van der Waals surface area contributed by atoms with E-state index in [-0.39, 0.29) is 29.6 Å². The zero-order valence-electron chi connectivity index (χ0n) is 14.9. The quantitative estimate of drug-likeness (QED) is 0.789. The molecular weight excluding hydrogens is 310 g/mol. The average Bonchev–Trinajstić information content (AvgIpc) is 2.57. The van der Waals surface area contributed by atoms with E-state index >= 15 is 0 Å². The van der Waals surface area contributed by atoms with Crippen molar-refractivity contribution in [2.24, 2.45) is 17.6 Å². The Balaban J connectivity index is 0.000000240. The van der Waals surface area contributed by atoms with E-state index in [1.165, 1.54) is 0 Å². The summed E-state index contributed by atoms with van der Waals surface area (Å²) >= 11 is 0. The zero-order chi connectivity index (χ0) is 17.9. The SMILES string of the molecule is CCOC(=O)C1CCC(=O)CC1.CCOC(=O)C1CCC(N)CC1. The third-order valence-electron chi connectivity index (χ3n) is 4.55. The number of carbonyl (C=O) groups is 3. The molecule has 0 aromatic rings. The minimum absolute atomic E-state index is 0.0253. The second-order valence-electron chi connectivity index (χ2n) is 6.43. The largest absolute Gasteiger partial charge is 0.466 e. The number of ether oxygens (including phenoxy) is 2. The van der Waals surface area contributed by atoms with Gasteiger partial charge in [0.25, 0.3) is 0 Å². The van der Waals surface area contributed by atoms with E-state index in [2.05, 4.69) is 0 Å². The van der Waals surface area contributed by atoms with Crippen molar-refractivity contribution in [2.75, 3.05) is 13.2 Å². The van der Waals surface area contributed by atoms with Gasteiger partial charge in [0.15, 0.2) is 0 Å². The van der Waals surface area contributed by atoms with E-state index in [4.69, 9.17) is 15.2 Å². The maximum atomic E-state index is 11.2. The molecule has 0 aliphatic heterocycles. The molecule has 2 fully saturated rings. The molecular formula is C18H31NO5. The third kappa shape index (κ3) is 7.43. The molecule has 0 amide bonds. The highest BCUT2D eigenvalue weighted by Crippen LogP contribution is 2.24. The fraction of sp³-hybridized carbons (Fsp3) is 0.833. The summed E-state index contributed by atoms with van der Waals surface area (Å²) in [4.78, 5) is 33.2. The normalized spacial score (nSPS) is 24.5. The number of rotatable bonds is 4. The van der Waals surface area contributed by atoms with Crippen LogP contribution in [0.2, 0.25) is 0 Å². The highest BCUT2D eigenvalue weighted by Gasteiger charge is 2.26. The van der Waals surface area contributed by atoms with Gasteiger partial charge in [-0.05, 0) is 52.4 Å². The highest BCUT2D eigenvalue weighted by molar-refractivity contribution is 5.82. The summed E-state index contributed by atoms with van der Waals surface area (Å²) < 4.78 is 9.80. The van der Waals surface area contributed by atoms with Crippen LogP contribution in [-0.2, 0) is 23.9 Å². The van der Waals surface area contributed by atoms with E-state index < -0.39 is 0 Å². The first kappa shape index (κ1) is 20.6. The molecule has 0 aromatic heterocycles. The molecule has 0 unspecified atom stereocenters. The molecule has 24 heavy (non-hydrogen) atoms. The zero-order valence-corrected chi connectivity index (χ0v) is 14.9. The summed E-state index contributed by atoms with van der Waals surface area (Å²) in [6.45, 7) is 4.56. The molecule has 2 saturated carbocycles. The predicted molar refractivity (Wildman–Crippen MR) is 90.2 cm³/mol. The van der Waals surface area contributed by atoms with Crippen molar-refractivity contribution >= 4 is 17.7 Å². The van der Waals surface area contributed by atoms with Gasteiger partial charge in [-0.25, -0.2) is 0 Å². The van der Waals surface area contributed by atoms with E-state index in [1.54, 1.807) is 6.92 Å². The summed E-state index contributed by atoms with van der Waals surface area (Å²) in [5, 5.41) is 0. The Labute approximate surface area is 144 Å². The summed E-state index contributed by atoms with van der Waals surface area (Å²) in [7, 11) is 0. The van der Waals surface area contributed by atoms with Crippen LogP contribution in [0, 0.1) is 11.8 Å². The molecule has 6 heteroatoms. The molecule has 0 spiro atoms. The first-order valence-electron chi connectivity index (χ1n) is 9.08. The minimum atomic E-state index is -0.134. The van der Waals surface area contributed by atoms with Crippen LogP contribution in [0.4, 0.5) is 0 Å². The van der Waals surface area contributed by atoms with Gasteiger partial charge in [0, 0.05) is 18.9 Å². The number of hydrogen-bond donors (Lipinski definition) is 1. The molecule has 0 heterocycles. The van der Waals surface area contributed by atoms with Gasteiger partial charge in [-0.1, -0.05) is 0 Å². The first-order valence-corrected chi connectivity index (χ1v) is 9.08. The number of hydrogen-bond acceptors (Lipinski definition) is 6. The molecule has 138 valence electrons. The van der Waals surface area contributed by atoms with Gasteiger partial charge < -0.3 is 15.2 Å². The van der Waals surface area contributed by atoms with E-state index in [0.717, 1.165) is 25.7 Å². The van der Waals surface area contributed by atoms with Crippen LogP contribution in [0.3, 0.4) is 0 Å². The summed E-state index contributed by atoms with van der Waals surface area (Å²) in [6.07, 6.45) is 6.18. The number of esters is 2. The summed E-state index contributed by atoms with van der Waals surface area (Å²) in [6, 6.07) is 0.302. The Bertz CT molecular complexity index is 406. The van der Waals surface area contributed by atoms with Crippen molar-refractivity contribution in [3.63, 3.8) is 0 Å². The minimum Gasteiger partial charge on any atom is -0.466 e. The van der Waals surface area contributed by atoms with Crippen LogP contribution >= 0.6 is 0 Å². The maximum Gasteiger partial charge on any atom is 0.308 e. The lowest BCUT2D eigenvalue weighted by Gasteiger charge is -2.24. The van der Waals surface area contributed by atoms with Crippen LogP contribution in [-0.4, -0.2) is 37.0 Å². The fourth-order valence-electron chi connectivity index (χ4n) is 3.05. The van der Waals surface area contributed by atoms with Crippen molar-refractivity contribution in [3.05, 3.63) is 0 Å². The number of Topliss-reactive ketones (excluding diaryl/α,β-unsaturated/α-hetero) is 1. The van der Waals surface area contributed by atoms with Gasteiger partial charge in [-0.15, -0.1) is 0 Å². The van der Waals surface area contributed by atoms with Crippen molar-refractivity contribution in [1.29, 1.82) is 0 Å². The molecule has 0 atom stereocenters. The second-order valence-corrected chi connectivity index (χ2v) is 6.43. The average molecular weight is 341 g/mol. The Kier molecular flexibility index (Phi) is 9.60. The number of ketones is 1. The van der Waals surface area contributed by atoms with Crippen LogP contribution in [0.5, 0.6) is 0 Å². The van der Waals surface area contributed by atoms with Crippen LogP contribution < -0.4 is 5.73 Å². The van der Waals surface area contributed by atoms with Crippen LogP contribution in [0.25, 0.3) is 0 Å². The van der Waals surface area contributed by atoms with Gasteiger partial charge in [-0.3, -0.25) is 14.4 Å². The Hall–Kier alpha value is -1.43. The molecule has 0 saturated heterocycles. The van der Waals surface area contributed by atoms with Gasteiger partial charge in [0.2, 0.25) is 0 Å². The van der Waals surface area contributed by atoms with Crippen molar-refractivity contribution in [2.45, 2.75) is 71.3 Å². The van der Waals surface area contributed by atoms with Gasteiger partial charge >= 0.3 is 11.9 Å². The molecule has 0 bridgehead atoms. The van der Waals surface area contributed by atoms with E-state index in [1.807, 2.05) is 6.92 Å². The van der Waals surface area contributed by atoms with Gasteiger partial charge in [0.05, 0.1) is 25.0 Å². The maximum absolute atomic E-state index is 11.2. The first-order chi connectivity index (χ1) is 11.5. The fourth-order valence-corrected chi connectivity index (χ4v) is 3.05. The standard InChI is InChI=1S/C9H17NO2.C9H14O3/c2*1-2-12-9(11)7-3-5-8(10)6-4-7/h7-8H,2-6,10H2,1H3;7H,2-6H2,1H3. The molecule has 2 aliphatic carbocycles. The highest BCUT2D eigenvalue weighted by atomic mass is 16.5.